The van der Waals surface area contributed by atoms with E-state index in [0.29, 0.717) is 23.7 Å². The van der Waals surface area contributed by atoms with Crippen molar-refractivity contribution in [3.05, 3.63) is 89.1 Å². The van der Waals surface area contributed by atoms with Crippen LogP contribution in [0.2, 0.25) is 0 Å². The van der Waals surface area contributed by atoms with Gasteiger partial charge in [-0.25, -0.2) is 4.79 Å². The molecule has 172 valence electrons. The summed E-state index contributed by atoms with van der Waals surface area (Å²) in [6.45, 7) is 0.959. The molecule has 5 rings (SSSR count). The van der Waals surface area contributed by atoms with Gasteiger partial charge in [0.05, 0.1) is 12.7 Å². The summed E-state index contributed by atoms with van der Waals surface area (Å²) >= 11 is 0. The summed E-state index contributed by atoms with van der Waals surface area (Å²) in [6, 6.07) is 19.1. The van der Waals surface area contributed by atoms with Crippen LogP contribution in [0.25, 0.3) is 22.0 Å². The van der Waals surface area contributed by atoms with Crippen LogP contribution in [0.3, 0.4) is 0 Å². The highest BCUT2D eigenvalue weighted by molar-refractivity contribution is 5.99. The van der Waals surface area contributed by atoms with Gasteiger partial charge in [-0.05, 0) is 65.3 Å². The zero-order chi connectivity index (χ0) is 23.8. The Balaban J connectivity index is 1.60. The van der Waals surface area contributed by atoms with Gasteiger partial charge in [-0.15, -0.1) is 0 Å². The Labute approximate surface area is 198 Å². The molecule has 6 heteroatoms. The lowest BCUT2D eigenvalue weighted by atomic mass is 9.92. The van der Waals surface area contributed by atoms with Gasteiger partial charge in [-0.2, -0.15) is 0 Å². The van der Waals surface area contributed by atoms with Crippen molar-refractivity contribution in [1.82, 2.24) is 4.57 Å². The van der Waals surface area contributed by atoms with E-state index in [4.69, 9.17) is 15.9 Å². The molecule has 4 aromatic rings. The molecule has 6 nitrogen and oxygen atoms in total. The van der Waals surface area contributed by atoms with E-state index in [1.165, 1.54) is 25.5 Å². The van der Waals surface area contributed by atoms with Crippen molar-refractivity contribution in [3.8, 4) is 16.9 Å². The fourth-order valence-electron chi connectivity index (χ4n) is 4.61. The normalized spacial score (nSPS) is 13.2. The highest BCUT2D eigenvalue weighted by atomic mass is 16.5. The lowest BCUT2D eigenvalue weighted by Gasteiger charge is -2.13. The van der Waals surface area contributed by atoms with Crippen LogP contribution in [0.5, 0.6) is 5.75 Å². The first-order valence-electron chi connectivity index (χ1n) is 11.4. The van der Waals surface area contributed by atoms with Crippen LogP contribution < -0.4 is 10.5 Å². The molecule has 1 aromatic heterocycles. The fraction of sp³-hybridized carbons (Fsp3) is 0.214. The Bertz CT molecular complexity index is 1420. The van der Waals surface area contributed by atoms with Gasteiger partial charge in [0.1, 0.15) is 11.6 Å². The van der Waals surface area contributed by atoms with E-state index in [-0.39, 0.29) is 11.4 Å². The molecular formula is C28H27N3O3. The maximum absolute atomic E-state index is 12.0. The number of carbonyl (C=O) groups is 1. The van der Waals surface area contributed by atoms with E-state index in [0.717, 1.165) is 34.1 Å². The third-order valence-corrected chi connectivity index (χ3v) is 6.57. The summed E-state index contributed by atoms with van der Waals surface area (Å²) in [5, 5.41) is 18.8. The average molecular weight is 454 g/mol. The minimum Gasteiger partial charge on any atom is -0.497 e. The number of amidine groups is 1. The maximum Gasteiger partial charge on any atom is 0.336 e. The van der Waals surface area contributed by atoms with Crippen LogP contribution in [0.1, 0.15) is 39.9 Å². The van der Waals surface area contributed by atoms with Crippen molar-refractivity contribution in [2.45, 2.75) is 25.8 Å². The van der Waals surface area contributed by atoms with Crippen LogP contribution in [-0.2, 0) is 13.0 Å². The summed E-state index contributed by atoms with van der Waals surface area (Å²) in [7, 11) is 1.53. The number of ether oxygens (including phenoxy) is 1. The number of carboxylic acid groups (broad SMARTS) is 1. The molecule has 1 heterocycles. The van der Waals surface area contributed by atoms with Gasteiger partial charge in [-0.3, -0.25) is 5.41 Å². The Morgan fingerprint density at radius 2 is 1.88 bits per heavy atom. The van der Waals surface area contributed by atoms with Gasteiger partial charge in [0.2, 0.25) is 0 Å². The first-order chi connectivity index (χ1) is 16.4. The van der Waals surface area contributed by atoms with E-state index < -0.39 is 5.97 Å². The van der Waals surface area contributed by atoms with E-state index in [2.05, 4.69) is 16.8 Å². The van der Waals surface area contributed by atoms with E-state index in [9.17, 15) is 9.90 Å². The fourth-order valence-corrected chi connectivity index (χ4v) is 4.61. The number of fused-ring (bicyclic) bond motifs is 1. The quantitative estimate of drug-likeness (QED) is 0.249. The van der Waals surface area contributed by atoms with Crippen molar-refractivity contribution in [1.29, 1.82) is 5.41 Å². The molecule has 0 radical (unpaired) electrons. The lowest BCUT2D eigenvalue weighted by Crippen LogP contribution is -2.11. The Morgan fingerprint density at radius 1 is 1.09 bits per heavy atom. The number of carboxylic acids is 1. The number of nitrogens with two attached hydrogens (primary N) is 1. The number of nitrogen functional groups attached to an aromatic ring is 1. The average Bonchev–Trinajstić information content (AvgIpc) is 3.60. The zero-order valence-electron chi connectivity index (χ0n) is 19.0. The van der Waals surface area contributed by atoms with Gasteiger partial charge in [0, 0.05) is 35.6 Å². The van der Waals surface area contributed by atoms with Gasteiger partial charge < -0.3 is 20.1 Å². The summed E-state index contributed by atoms with van der Waals surface area (Å²) in [4.78, 5) is 12.0. The van der Waals surface area contributed by atoms with Gasteiger partial charge in [0.25, 0.3) is 0 Å². The summed E-state index contributed by atoms with van der Waals surface area (Å²) in [5.74, 6) is 0.298. The van der Waals surface area contributed by atoms with Gasteiger partial charge in [-0.1, -0.05) is 36.4 Å². The van der Waals surface area contributed by atoms with E-state index in [1.807, 2.05) is 42.5 Å². The van der Waals surface area contributed by atoms with Crippen LogP contribution in [0, 0.1) is 11.3 Å². The standard InChI is InChI=1S/C28H27N3O3/c1-34-21-9-11-24(25(14-21)28(32)33)22-5-3-2-4-18(22)12-20-16-31(15-17-6-7-17)26-13-19(27(29)30)8-10-23(20)26/h2-5,8-11,13-14,16-17H,6-7,12,15H2,1H3,(H3,29,30)(H,32,33). The molecule has 3 aromatic carbocycles. The second-order valence-electron chi connectivity index (χ2n) is 8.95. The Morgan fingerprint density at radius 3 is 2.59 bits per heavy atom. The number of hydrogen-bond donors (Lipinski definition) is 3. The Hall–Kier alpha value is -4.06. The second kappa shape index (κ2) is 8.71. The molecule has 1 aliphatic rings. The van der Waals surface area contributed by atoms with E-state index >= 15 is 0 Å². The summed E-state index contributed by atoms with van der Waals surface area (Å²) in [5.41, 5.74) is 11.6. The molecule has 0 aliphatic heterocycles. The van der Waals surface area contributed by atoms with Crippen LogP contribution >= 0.6 is 0 Å². The second-order valence-corrected chi connectivity index (χ2v) is 8.95. The van der Waals surface area contributed by atoms with Crippen molar-refractivity contribution >= 4 is 22.7 Å². The molecule has 1 saturated carbocycles. The smallest absolute Gasteiger partial charge is 0.336 e. The van der Waals surface area contributed by atoms with Gasteiger partial charge in [0.15, 0.2) is 0 Å². The third-order valence-electron chi connectivity index (χ3n) is 6.57. The predicted octanol–water partition coefficient (Wildman–Crippen LogP) is 5.30. The number of aromatic carboxylic acids is 1. The maximum atomic E-state index is 12.0. The monoisotopic (exact) mass is 453 g/mol. The number of aromatic nitrogens is 1. The minimum absolute atomic E-state index is 0.0636. The SMILES string of the molecule is COc1ccc(-c2ccccc2Cc2cn(CC3CC3)c3cc(C(=N)N)ccc23)c(C(=O)O)c1. The minimum atomic E-state index is -0.985. The molecule has 1 aliphatic carbocycles. The van der Waals surface area contributed by atoms with E-state index in [1.54, 1.807) is 12.1 Å². The number of rotatable bonds is 8. The number of benzene rings is 3. The molecule has 0 unspecified atom stereocenters. The third kappa shape index (κ3) is 4.15. The lowest BCUT2D eigenvalue weighted by molar-refractivity contribution is 0.0697. The molecule has 0 spiro atoms. The van der Waals surface area contributed by atoms with Crippen molar-refractivity contribution in [2.24, 2.45) is 11.7 Å². The number of hydrogen-bond acceptors (Lipinski definition) is 3. The summed E-state index contributed by atoms with van der Waals surface area (Å²) < 4.78 is 7.53. The first-order valence-corrected chi connectivity index (χ1v) is 11.4. The zero-order valence-corrected chi connectivity index (χ0v) is 19.0. The molecule has 34 heavy (non-hydrogen) atoms. The molecule has 0 amide bonds. The summed E-state index contributed by atoms with van der Waals surface area (Å²) in [6.07, 6.45) is 5.37. The van der Waals surface area contributed by atoms with Crippen molar-refractivity contribution in [3.63, 3.8) is 0 Å². The van der Waals surface area contributed by atoms with Crippen LogP contribution in [0.15, 0.2) is 66.9 Å². The molecule has 0 saturated heterocycles. The first kappa shape index (κ1) is 21.8. The number of methoxy groups -OCH3 is 1. The van der Waals surface area contributed by atoms with Crippen LogP contribution in [-0.4, -0.2) is 28.6 Å². The van der Waals surface area contributed by atoms with Crippen molar-refractivity contribution < 1.29 is 14.6 Å². The molecule has 4 N–H and O–H groups in total. The predicted molar refractivity (Wildman–Crippen MR) is 134 cm³/mol. The molecule has 0 atom stereocenters. The molecular weight excluding hydrogens is 426 g/mol. The topological polar surface area (TPSA) is 101 Å². The number of nitrogens with one attached hydrogen (secondary N) is 1. The van der Waals surface area contributed by atoms with Crippen LogP contribution in [0.4, 0.5) is 0 Å². The highest BCUT2D eigenvalue weighted by Crippen LogP contribution is 2.35. The highest BCUT2D eigenvalue weighted by Gasteiger charge is 2.23. The largest absolute Gasteiger partial charge is 0.497 e. The molecule has 0 bridgehead atoms. The van der Waals surface area contributed by atoms with Crippen molar-refractivity contribution in [2.75, 3.05) is 7.11 Å². The Kier molecular flexibility index (Phi) is 5.57. The van der Waals surface area contributed by atoms with Gasteiger partial charge >= 0.3 is 5.97 Å². The molecule has 1 fully saturated rings. The number of nitrogens with zero attached hydrogens (tertiary/aromatic N) is 1.